The minimum absolute atomic E-state index is 0.332. The first-order valence-corrected chi connectivity index (χ1v) is 11.3. The van der Waals surface area contributed by atoms with Gasteiger partial charge in [0, 0.05) is 32.6 Å². The largest absolute Gasteiger partial charge is 0.481 e. The maximum absolute atomic E-state index is 10.3. The van der Waals surface area contributed by atoms with Crippen LogP contribution in [0.2, 0.25) is 0 Å². The quantitative estimate of drug-likeness (QED) is 0.202. The predicted molar refractivity (Wildman–Crippen MR) is 111 cm³/mol. The molecule has 0 aromatic heterocycles. The fraction of sp³-hybridized carbons (Fsp3) is 0.864. The summed E-state index contributed by atoms with van der Waals surface area (Å²) in [4.78, 5) is 15.5. The number of unbranched alkanes of at least 4 members (excludes halogenated alkanes) is 11. The molecule has 0 aliphatic carbocycles. The summed E-state index contributed by atoms with van der Waals surface area (Å²) < 4.78 is 0. The number of hydroxylamine groups is 4. The maximum atomic E-state index is 10.3. The Morgan fingerprint density at radius 2 is 1.22 bits per heavy atom. The molecule has 0 bridgehead atoms. The van der Waals surface area contributed by atoms with E-state index >= 15 is 0 Å². The topological polar surface area (TPSA) is 52.5 Å². The zero-order valence-electron chi connectivity index (χ0n) is 17.5. The zero-order chi connectivity index (χ0) is 19.6. The van der Waals surface area contributed by atoms with E-state index in [0.29, 0.717) is 6.42 Å². The van der Waals surface area contributed by atoms with Crippen molar-refractivity contribution in [2.45, 2.75) is 96.8 Å². The summed E-state index contributed by atoms with van der Waals surface area (Å²) in [5.74, 6) is -0.664. The van der Waals surface area contributed by atoms with Crippen molar-refractivity contribution in [2.24, 2.45) is 0 Å². The molecule has 2 heterocycles. The van der Waals surface area contributed by atoms with Gasteiger partial charge in [-0.1, -0.05) is 70.4 Å². The van der Waals surface area contributed by atoms with Gasteiger partial charge in [-0.25, -0.2) is 4.94 Å². The Hall–Kier alpha value is -0.910. The first-order chi connectivity index (χ1) is 13.2. The molecule has 27 heavy (non-hydrogen) atoms. The first kappa shape index (κ1) is 24.1. The highest BCUT2D eigenvalue weighted by molar-refractivity contribution is 5.66. The van der Waals surface area contributed by atoms with Gasteiger partial charge in [-0.15, -0.1) is 0 Å². The van der Waals surface area contributed by atoms with Gasteiger partial charge >= 0.3 is 5.97 Å². The van der Waals surface area contributed by atoms with Crippen LogP contribution in [0.3, 0.4) is 0 Å². The summed E-state index contributed by atoms with van der Waals surface area (Å²) in [6, 6.07) is 0. The van der Waals surface area contributed by atoms with Crippen LogP contribution in [0, 0.1) is 0 Å². The lowest BCUT2D eigenvalue weighted by Crippen LogP contribution is -2.04. The zero-order valence-corrected chi connectivity index (χ0v) is 17.5. The highest BCUT2D eigenvalue weighted by Gasteiger charge is 2.27. The van der Waals surface area contributed by atoms with Gasteiger partial charge in [0.2, 0.25) is 0 Å². The Morgan fingerprint density at radius 1 is 0.778 bits per heavy atom. The molecule has 0 atom stereocenters. The molecule has 1 N–H and O–H groups in total. The Labute approximate surface area is 166 Å². The van der Waals surface area contributed by atoms with Gasteiger partial charge in [0.15, 0.2) is 0 Å². The molecule has 2 fully saturated rings. The van der Waals surface area contributed by atoms with Gasteiger partial charge in [-0.2, -0.15) is 10.1 Å². The number of rotatable bonds is 17. The Balaban J connectivity index is 0.000000420. The molecule has 5 nitrogen and oxygen atoms in total. The molecule has 0 spiro atoms. The summed E-state index contributed by atoms with van der Waals surface area (Å²) in [6.07, 6.45) is 21.2. The van der Waals surface area contributed by atoms with Crippen molar-refractivity contribution in [3.8, 4) is 0 Å². The molecule has 0 aromatic carbocycles. The summed E-state index contributed by atoms with van der Waals surface area (Å²) >= 11 is 0. The molecule has 2 aliphatic heterocycles. The molecule has 2 aliphatic rings. The average molecular weight is 383 g/mol. The second kappa shape index (κ2) is 17.2. The fourth-order valence-corrected chi connectivity index (χ4v) is 2.76. The lowest BCUT2D eigenvalue weighted by atomic mass is 10.1. The van der Waals surface area contributed by atoms with Crippen molar-refractivity contribution in [1.29, 1.82) is 0 Å². The predicted octanol–water partition coefficient (Wildman–Crippen LogP) is 5.57. The molecule has 2 rings (SSSR count). The van der Waals surface area contributed by atoms with E-state index in [2.05, 4.69) is 19.1 Å². The number of nitrogens with zero attached hydrogens (tertiary/aromatic N) is 2. The third-order valence-corrected chi connectivity index (χ3v) is 4.70. The maximum Gasteiger partial charge on any atom is 0.303 e. The van der Waals surface area contributed by atoms with Crippen LogP contribution in [-0.2, 0) is 9.73 Å². The lowest BCUT2D eigenvalue weighted by Gasteiger charge is -1.99. The molecule has 158 valence electrons. The standard InChI is InChI=1S/C18H34O2.C4H8N2O/c1-2-3-4-5-6-7-8-9-10-11-12-13-14-15-16-17-18(19)20;1-2-5(1)7-6-3-4-6/h9-10H,2-8,11-17H2,1H3,(H,19,20);1-4H2/b10-9-;. The van der Waals surface area contributed by atoms with E-state index in [0.717, 1.165) is 39.0 Å². The summed E-state index contributed by atoms with van der Waals surface area (Å²) in [5, 5.41) is 12.4. The number of carboxylic acid groups (broad SMARTS) is 1. The highest BCUT2D eigenvalue weighted by atomic mass is 16.9. The van der Waals surface area contributed by atoms with Crippen molar-refractivity contribution >= 4 is 5.97 Å². The van der Waals surface area contributed by atoms with Gasteiger partial charge < -0.3 is 5.11 Å². The Bertz CT molecular complexity index is 370. The minimum Gasteiger partial charge on any atom is -0.481 e. The number of carboxylic acids is 1. The molecule has 0 amide bonds. The molecular formula is C22H42N2O3. The van der Waals surface area contributed by atoms with Crippen molar-refractivity contribution in [3.05, 3.63) is 12.2 Å². The normalized spacial score (nSPS) is 16.3. The van der Waals surface area contributed by atoms with Crippen LogP contribution in [0.1, 0.15) is 96.8 Å². The third kappa shape index (κ3) is 19.7. The van der Waals surface area contributed by atoms with E-state index in [4.69, 9.17) is 10.0 Å². The first-order valence-electron chi connectivity index (χ1n) is 11.3. The van der Waals surface area contributed by atoms with Crippen LogP contribution < -0.4 is 0 Å². The van der Waals surface area contributed by atoms with Crippen LogP contribution in [0.4, 0.5) is 0 Å². The number of carbonyl (C=O) groups is 1. The SMILES string of the molecule is C1CN1ON1CC1.CCCCCCCC/C=C\CCCCCCCC(=O)O. The van der Waals surface area contributed by atoms with Crippen molar-refractivity contribution in [3.63, 3.8) is 0 Å². The van der Waals surface area contributed by atoms with E-state index in [1.54, 1.807) is 0 Å². The summed E-state index contributed by atoms with van der Waals surface area (Å²) in [7, 11) is 0. The van der Waals surface area contributed by atoms with Crippen LogP contribution in [0.15, 0.2) is 12.2 Å². The average Bonchev–Trinajstić information content (AvgIpc) is 3.57. The Kier molecular flexibility index (Phi) is 15.4. The molecular weight excluding hydrogens is 340 g/mol. The molecule has 0 radical (unpaired) electrons. The summed E-state index contributed by atoms with van der Waals surface area (Å²) in [6.45, 7) is 6.74. The lowest BCUT2D eigenvalue weighted by molar-refractivity contribution is -0.209. The van der Waals surface area contributed by atoms with Crippen LogP contribution in [0.5, 0.6) is 0 Å². The van der Waals surface area contributed by atoms with Gasteiger partial charge in [-0.3, -0.25) is 4.79 Å². The molecule has 5 heteroatoms. The molecule has 0 saturated carbocycles. The third-order valence-electron chi connectivity index (χ3n) is 4.70. The van der Waals surface area contributed by atoms with Gasteiger partial charge in [-0.05, 0) is 32.1 Å². The number of allylic oxidation sites excluding steroid dienone is 2. The minimum atomic E-state index is -0.664. The van der Waals surface area contributed by atoms with Crippen LogP contribution in [0.25, 0.3) is 0 Å². The van der Waals surface area contributed by atoms with Gasteiger partial charge in [0.1, 0.15) is 0 Å². The van der Waals surface area contributed by atoms with E-state index in [9.17, 15) is 4.79 Å². The molecule has 0 aromatic rings. The smallest absolute Gasteiger partial charge is 0.303 e. The van der Waals surface area contributed by atoms with Gasteiger partial charge in [0.05, 0.1) is 0 Å². The van der Waals surface area contributed by atoms with Crippen LogP contribution in [-0.4, -0.2) is 47.4 Å². The number of aliphatic carboxylic acids is 1. The monoisotopic (exact) mass is 382 g/mol. The molecule has 0 unspecified atom stereocenters. The van der Waals surface area contributed by atoms with E-state index in [1.807, 2.05) is 10.1 Å². The van der Waals surface area contributed by atoms with Crippen molar-refractivity contribution < 1.29 is 14.8 Å². The number of hydrogen-bond donors (Lipinski definition) is 1. The van der Waals surface area contributed by atoms with Crippen molar-refractivity contribution in [2.75, 3.05) is 26.2 Å². The fourth-order valence-electron chi connectivity index (χ4n) is 2.76. The Morgan fingerprint density at radius 3 is 1.67 bits per heavy atom. The summed E-state index contributed by atoms with van der Waals surface area (Å²) in [5.41, 5.74) is 0. The molecule has 2 saturated heterocycles. The van der Waals surface area contributed by atoms with Gasteiger partial charge in [0.25, 0.3) is 0 Å². The van der Waals surface area contributed by atoms with E-state index in [-0.39, 0.29) is 0 Å². The van der Waals surface area contributed by atoms with Crippen LogP contribution >= 0.6 is 0 Å². The van der Waals surface area contributed by atoms with E-state index in [1.165, 1.54) is 70.6 Å². The van der Waals surface area contributed by atoms with E-state index < -0.39 is 5.97 Å². The second-order valence-electron chi connectivity index (χ2n) is 7.67. The number of hydrogen-bond acceptors (Lipinski definition) is 4. The highest BCUT2D eigenvalue weighted by Crippen LogP contribution is 2.12. The van der Waals surface area contributed by atoms with Crippen molar-refractivity contribution in [1.82, 2.24) is 10.1 Å². The second-order valence-corrected chi connectivity index (χ2v) is 7.67.